The van der Waals surface area contributed by atoms with Crippen molar-refractivity contribution in [2.24, 2.45) is 11.8 Å². The van der Waals surface area contributed by atoms with E-state index in [1.807, 2.05) is 13.8 Å². The van der Waals surface area contributed by atoms with Crippen LogP contribution < -0.4 is 5.32 Å². The molecule has 1 rings (SSSR count). The van der Waals surface area contributed by atoms with E-state index >= 15 is 0 Å². The highest BCUT2D eigenvalue weighted by Crippen LogP contribution is 2.26. The van der Waals surface area contributed by atoms with Crippen LogP contribution in [0.1, 0.15) is 26.7 Å². The van der Waals surface area contributed by atoms with Crippen molar-refractivity contribution in [3.63, 3.8) is 0 Å². The van der Waals surface area contributed by atoms with E-state index in [4.69, 9.17) is 23.7 Å². The summed E-state index contributed by atoms with van der Waals surface area (Å²) in [6.45, 7) is 8.71. The molecule has 180 valence electrons. The lowest BCUT2D eigenvalue weighted by Crippen LogP contribution is -2.36. The SMILES string of the molecule is COCCOCCOCCOCCOCCNC(=O)CCN1C(=O)CC(C(C)C)C1=O. The Morgan fingerprint density at radius 2 is 1.45 bits per heavy atom. The van der Waals surface area contributed by atoms with E-state index in [-0.39, 0.29) is 48.9 Å². The molecule has 1 N–H and O–H groups in total. The number of hydrogen-bond donors (Lipinski definition) is 1. The fourth-order valence-corrected chi connectivity index (χ4v) is 2.93. The molecule has 1 unspecified atom stereocenters. The lowest BCUT2D eigenvalue weighted by atomic mass is 9.94. The second-order valence-corrected chi connectivity index (χ2v) is 7.48. The third-order valence-electron chi connectivity index (χ3n) is 4.76. The van der Waals surface area contributed by atoms with Gasteiger partial charge in [0.2, 0.25) is 17.7 Å². The van der Waals surface area contributed by atoms with Gasteiger partial charge >= 0.3 is 0 Å². The van der Waals surface area contributed by atoms with Crippen LogP contribution in [0.3, 0.4) is 0 Å². The number of ether oxygens (including phenoxy) is 5. The highest BCUT2D eigenvalue weighted by Gasteiger charge is 2.39. The molecule has 1 aliphatic heterocycles. The van der Waals surface area contributed by atoms with Crippen LogP contribution in [-0.2, 0) is 38.1 Å². The molecule has 1 fully saturated rings. The van der Waals surface area contributed by atoms with Crippen molar-refractivity contribution in [1.29, 1.82) is 0 Å². The minimum absolute atomic E-state index is 0.100. The summed E-state index contributed by atoms with van der Waals surface area (Å²) in [4.78, 5) is 37.2. The Kier molecular flexibility index (Phi) is 15.1. The molecule has 10 heteroatoms. The molecule has 0 aromatic rings. The molecule has 0 bridgehead atoms. The van der Waals surface area contributed by atoms with Gasteiger partial charge in [-0.1, -0.05) is 13.8 Å². The maximum Gasteiger partial charge on any atom is 0.233 e. The Balaban J connectivity index is 1.90. The van der Waals surface area contributed by atoms with E-state index in [1.165, 1.54) is 4.90 Å². The van der Waals surface area contributed by atoms with Crippen LogP contribution in [0, 0.1) is 11.8 Å². The summed E-state index contributed by atoms with van der Waals surface area (Å²) < 4.78 is 26.2. The predicted octanol–water partition coefficient (Wildman–Crippen LogP) is 0.237. The third kappa shape index (κ3) is 12.1. The van der Waals surface area contributed by atoms with Crippen molar-refractivity contribution in [2.75, 3.05) is 79.7 Å². The molecule has 3 amide bonds. The summed E-state index contributed by atoms with van der Waals surface area (Å²) in [5, 5.41) is 2.72. The van der Waals surface area contributed by atoms with Gasteiger partial charge < -0.3 is 29.0 Å². The second-order valence-electron chi connectivity index (χ2n) is 7.48. The highest BCUT2D eigenvalue weighted by atomic mass is 16.6. The monoisotopic (exact) mass is 446 g/mol. The lowest BCUT2D eigenvalue weighted by molar-refractivity contribution is -0.140. The fraction of sp³-hybridized carbons (Fsp3) is 0.857. The Bertz CT molecular complexity index is 530. The molecule has 1 heterocycles. The number of nitrogens with one attached hydrogen (secondary N) is 1. The number of nitrogens with zero attached hydrogens (tertiary/aromatic N) is 1. The van der Waals surface area contributed by atoms with Crippen LogP contribution >= 0.6 is 0 Å². The smallest absolute Gasteiger partial charge is 0.233 e. The zero-order chi connectivity index (χ0) is 22.9. The minimum Gasteiger partial charge on any atom is -0.382 e. The first-order valence-corrected chi connectivity index (χ1v) is 10.9. The maximum atomic E-state index is 12.2. The van der Waals surface area contributed by atoms with Crippen molar-refractivity contribution < 1.29 is 38.1 Å². The molecule has 1 atom stereocenters. The Hall–Kier alpha value is -1.59. The van der Waals surface area contributed by atoms with Gasteiger partial charge in [-0.2, -0.15) is 0 Å². The van der Waals surface area contributed by atoms with Crippen molar-refractivity contribution >= 4 is 17.7 Å². The van der Waals surface area contributed by atoms with Crippen LogP contribution in [0.25, 0.3) is 0 Å². The van der Waals surface area contributed by atoms with Gasteiger partial charge in [-0.15, -0.1) is 0 Å². The number of carbonyl (C=O) groups excluding carboxylic acids is 3. The van der Waals surface area contributed by atoms with E-state index in [0.29, 0.717) is 66.0 Å². The van der Waals surface area contributed by atoms with Crippen molar-refractivity contribution in [3.8, 4) is 0 Å². The van der Waals surface area contributed by atoms with Gasteiger partial charge in [0.05, 0.1) is 59.5 Å². The molecular formula is C21H38N2O8. The molecule has 0 radical (unpaired) electrons. The zero-order valence-electron chi connectivity index (χ0n) is 19.1. The van der Waals surface area contributed by atoms with Crippen molar-refractivity contribution in [3.05, 3.63) is 0 Å². The second kappa shape index (κ2) is 17.0. The van der Waals surface area contributed by atoms with Gasteiger partial charge in [-0.25, -0.2) is 0 Å². The molecular weight excluding hydrogens is 408 g/mol. The van der Waals surface area contributed by atoms with Gasteiger partial charge in [0.15, 0.2) is 0 Å². The Morgan fingerprint density at radius 1 is 0.935 bits per heavy atom. The Labute approximate surface area is 184 Å². The molecule has 0 aromatic carbocycles. The number of carbonyl (C=O) groups is 3. The number of methoxy groups -OCH3 is 1. The van der Waals surface area contributed by atoms with Crippen LogP contribution in [0.5, 0.6) is 0 Å². The molecule has 0 aromatic heterocycles. The van der Waals surface area contributed by atoms with Gasteiger partial charge in [0.1, 0.15) is 0 Å². The first kappa shape index (κ1) is 27.4. The van der Waals surface area contributed by atoms with Crippen LogP contribution in [0.15, 0.2) is 0 Å². The quantitative estimate of drug-likeness (QED) is 0.222. The van der Waals surface area contributed by atoms with E-state index in [0.717, 1.165) is 0 Å². The lowest BCUT2D eigenvalue weighted by Gasteiger charge is -2.16. The normalized spacial score (nSPS) is 16.5. The molecule has 0 aliphatic carbocycles. The molecule has 1 saturated heterocycles. The summed E-state index contributed by atoms with van der Waals surface area (Å²) in [5.41, 5.74) is 0. The van der Waals surface area contributed by atoms with Gasteiger partial charge in [0.25, 0.3) is 0 Å². The van der Waals surface area contributed by atoms with Crippen molar-refractivity contribution in [2.45, 2.75) is 26.7 Å². The van der Waals surface area contributed by atoms with Crippen LogP contribution in [-0.4, -0.2) is 102 Å². The first-order valence-electron chi connectivity index (χ1n) is 10.9. The Morgan fingerprint density at radius 3 is 1.94 bits per heavy atom. The topological polar surface area (TPSA) is 113 Å². The van der Waals surface area contributed by atoms with E-state index in [9.17, 15) is 14.4 Å². The molecule has 0 spiro atoms. The summed E-state index contributed by atoms with van der Waals surface area (Å²) in [5.74, 6) is -0.720. The third-order valence-corrected chi connectivity index (χ3v) is 4.76. The number of amides is 3. The average molecular weight is 447 g/mol. The molecule has 31 heavy (non-hydrogen) atoms. The number of likely N-dealkylation sites (tertiary alicyclic amines) is 1. The maximum absolute atomic E-state index is 12.2. The molecule has 0 saturated carbocycles. The van der Waals surface area contributed by atoms with Crippen molar-refractivity contribution in [1.82, 2.24) is 10.2 Å². The average Bonchev–Trinajstić information content (AvgIpc) is 3.03. The predicted molar refractivity (Wildman–Crippen MR) is 112 cm³/mol. The molecule has 1 aliphatic rings. The van der Waals surface area contributed by atoms with E-state index in [1.54, 1.807) is 7.11 Å². The van der Waals surface area contributed by atoms with E-state index < -0.39 is 0 Å². The largest absolute Gasteiger partial charge is 0.382 e. The highest BCUT2D eigenvalue weighted by molar-refractivity contribution is 6.03. The van der Waals surface area contributed by atoms with E-state index in [2.05, 4.69) is 5.32 Å². The summed E-state index contributed by atoms with van der Waals surface area (Å²) in [7, 11) is 1.63. The number of rotatable bonds is 19. The number of hydrogen-bond acceptors (Lipinski definition) is 8. The van der Waals surface area contributed by atoms with Gasteiger partial charge in [-0.05, 0) is 5.92 Å². The molecule has 10 nitrogen and oxygen atoms in total. The standard InChI is InChI=1S/C21H38N2O8/c1-17(2)18-16-20(25)23(21(18)26)6-4-19(24)22-5-7-28-10-11-30-14-15-31-13-12-29-9-8-27-3/h17-18H,4-16H2,1-3H3,(H,22,24). The number of imide groups is 1. The first-order chi connectivity index (χ1) is 15.0. The zero-order valence-corrected chi connectivity index (χ0v) is 19.1. The van der Waals surface area contributed by atoms with Gasteiger partial charge in [-0.3, -0.25) is 19.3 Å². The minimum atomic E-state index is -0.266. The summed E-state index contributed by atoms with van der Waals surface area (Å²) in [6, 6.07) is 0. The fourth-order valence-electron chi connectivity index (χ4n) is 2.93. The van der Waals surface area contributed by atoms with Crippen LogP contribution in [0.2, 0.25) is 0 Å². The summed E-state index contributed by atoms with van der Waals surface area (Å²) in [6.07, 6.45) is 0.340. The van der Waals surface area contributed by atoms with Gasteiger partial charge in [0, 0.05) is 39.0 Å². The van der Waals surface area contributed by atoms with Crippen LogP contribution in [0.4, 0.5) is 0 Å². The summed E-state index contributed by atoms with van der Waals surface area (Å²) >= 11 is 0.